The topological polar surface area (TPSA) is 71.1 Å². The number of aromatic amines is 1. The lowest BCUT2D eigenvalue weighted by molar-refractivity contribution is -0.134. The molecule has 0 saturated carbocycles. The summed E-state index contributed by atoms with van der Waals surface area (Å²) >= 11 is 0. The SMILES string of the molecule is Cc1nc(CN(C)C(=O)CC2CCCCO2)n[nH]1. The molecule has 0 bridgehead atoms. The first kappa shape index (κ1) is 13.0. The molecule has 0 spiro atoms. The Labute approximate surface area is 107 Å². The Morgan fingerprint density at radius 1 is 1.56 bits per heavy atom. The lowest BCUT2D eigenvalue weighted by Crippen LogP contribution is -2.32. The summed E-state index contributed by atoms with van der Waals surface area (Å²) in [6.07, 6.45) is 3.79. The minimum atomic E-state index is 0.0857. The monoisotopic (exact) mass is 252 g/mol. The van der Waals surface area contributed by atoms with Gasteiger partial charge in [-0.1, -0.05) is 0 Å². The largest absolute Gasteiger partial charge is 0.378 e. The molecule has 1 amide bonds. The molecule has 100 valence electrons. The van der Waals surface area contributed by atoms with E-state index in [9.17, 15) is 4.79 Å². The number of H-pyrrole nitrogens is 1. The van der Waals surface area contributed by atoms with Crippen molar-refractivity contribution in [3.63, 3.8) is 0 Å². The lowest BCUT2D eigenvalue weighted by Gasteiger charge is -2.24. The predicted molar refractivity (Wildman–Crippen MR) is 65.8 cm³/mol. The summed E-state index contributed by atoms with van der Waals surface area (Å²) in [5.41, 5.74) is 0. The van der Waals surface area contributed by atoms with Crippen molar-refractivity contribution in [1.29, 1.82) is 0 Å². The number of aryl methyl sites for hydroxylation is 1. The number of amides is 1. The van der Waals surface area contributed by atoms with Crippen molar-refractivity contribution in [2.75, 3.05) is 13.7 Å². The molecule has 1 atom stereocenters. The molecule has 0 aromatic carbocycles. The first-order chi connectivity index (χ1) is 8.65. The predicted octanol–water partition coefficient (Wildman–Crippen LogP) is 1.03. The zero-order valence-electron chi connectivity index (χ0n) is 11.0. The van der Waals surface area contributed by atoms with Gasteiger partial charge in [-0.3, -0.25) is 9.89 Å². The Morgan fingerprint density at radius 2 is 2.39 bits per heavy atom. The Bertz CT molecular complexity index is 399. The van der Waals surface area contributed by atoms with Gasteiger partial charge in [-0.15, -0.1) is 0 Å². The van der Waals surface area contributed by atoms with Crippen molar-refractivity contribution in [3.8, 4) is 0 Å². The molecule has 1 aromatic rings. The maximum absolute atomic E-state index is 12.0. The second-order valence-electron chi connectivity index (χ2n) is 4.78. The molecule has 2 rings (SSSR count). The van der Waals surface area contributed by atoms with Gasteiger partial charge in [0.15, 0.2) is 5.82 Å². The van der Waals surface area contributed by atoms with Gasteiger partial charge in [0.05, 0.1) is 19.1 Å². The van der Waals surface area contributed by atoms with Crippen LogP contribution in [-0.2, 0) is 16.1 Å². The number of carbonyl (C=O) groups is 1. The van der Waals surface area contributed by atoms with Crippen LogP contribution in [0.5, 0.6) is 0 Å². The molecule has 1 saturated heterocycles. The van der Waals surface area contributed by atoms with E-state index >= 15 is 0 Å². The summed E-state index contributed by atoms with van der Waals surface area (Å²) < 4.78 is 5.57. The standard InChI is InChI=1S/C12H20N4O2/c1-9-13-11(15-14-9)8-16(2)12(17)7-10-5-3-4-6-18-10/h10H,3-8H2,1-2H3,(H,13,14,15). The first-order valence-corrected chi connectivity index (χ1v) is 6.38. The van der Waals surface area contributed by atoms with Crippen molar-refractivity contribution in [2.45, 2.75) is 45.3 Å². The number of hydrogen-bond donors (Lipinski definition) is 1. The van der Waals surface area contributed by atoms with E-state index in [4.69, 9.17) is 4.74 Å². The highest BCUT2D eigenvalue weighted by atomic mass is 16.5. The van der Waals surface area contributed by atoms with Gasteiger partial charge in [0.2, 0.25) is 5.91 Å². The number of aromatic nitrogens is 3. The normalized spacial score (nSPS) is 19.8. The molecule has 6 heteroatoms. The maximum Gasteiger partial charge on any atom is 0.225 e. The number of carbonyl (C=O) groups excluding carboxylic acids is 1. The highest BCUT2D eigenvalue weighted by molar-refractivity contribution is 5.76. The molecule has 0 aliphatic carbocycles. The Kier molecular flexibility index (Phi) is 4.30. The smallest absolute Gasteiger partial charge is 0.225 e. The van der Waals surface area contributed by atoms with Gasteiger partial charge in [-0.05, 0) is 26.2 Å². The van der Waals surface area contributed by atoms with Crippen molar-refractivity contribution in [3.05, 3.63) is 11.6 Å². The zero-order chi connectivity index (χ0) is 13.0. The average molecular weight is 252 g/mol. The van der Waals surface area contributed by atoms with Crippen molar-refractivity contribution in [1.82, 2.24) is 20.1 Å². The van der Waals surface area contributed by atoms with E-state index in [0.717, 1.165) is 31.7 Å². The number of rotatable bonds is 4. The van der Waals surface area contributed by atoms with Gasteiger partial charge in [0.25, 0.3) is 0 Å². The first-order valence-electron chi connectivity index (χ1n) is 6.38. The minimum absolute atomic E-state index is 0.0857. The summed E-state index contributed by atoms with van der Waals surface area (Å²) in [5.74, 6) is 1.50. The molecule has 1 aliphatic heterocycles. The second kappa shape index (κ2) is 5.95. The summed E-state index contributed by atoms with van der Waals surface area (Å²) in [6, 6.07) is 0. The molecule has 18 heavy (non-hydrogen) atoms. The van der Waals surface area contributed by atoms with Crippen LogP contribution in [0.2, 0.25) is 0 Å². The lowest BCUT2D eigenvalue weighted by atomic mass is 10.1. The van der Waals surface area contributed by atoms with E-state index < -0.39 is 0 Å². The van der Waals surface area contributed by atoms with Gasteiger partial charge in [-0.25, -0.2) is 4.98 Å². The molecule has 1 fully saturated rings. The molecule has 2 heterocycles. The molecular formula is C12H20N4O2. The van der Waals surface area contributed by atoms with Gasteiger partial charge < -0.3 is 9.64 Å². The van der Waals surface area contributed by atoms with Crippen LogP contribution in [0.15, 0.2) is 0 Å². The van der Waals surface area contributed by atoms with Crippen LogP contribution < -0.4 is 0 Å². The van der Waals surface area contributed by atoms with Gasteiger partial charge in [0, 0.05) is 13.7 Å². The Morgan fingerprint density at radius 3 is 3.00 bits per heavy atom. The molecule has 1 aromatic heterocycles. The van der Waals surface area contributed by atoms with Crippen LogP contribution in [0.25, 0.3) is 0 Å². The Balaban J connectivity index is 1.80. The van der Waals surface area contributed by atoms with Gasteiger partial charge in [-0.2, -0.15) is 5.10 Å². The number of nitrogens with one attached hydrogen (secondary N) is 1. The second-order valence-corrected chi connectivity index (χ2v) is 4.78. The molecule has 1 N–H and O–H groups in total. The zero-order valence-corrected chi connectivity index (χ0v) is 11.0. The van der Waals surface area contributed by atoms with Crippen LogP contribution >= 0.6 is 0 Å². The maximum atomic E-state index is 12.0. The van der Waals surface area contributed by atoms with E-state index in [2.05, 4.69) is 15.2 Å². The quantitative estimate of drug-likeness (QED) is 0.868. The molecule has 6 nitrogen and oxygen atoms in total. The van der Waals surface area contributed by atoms with Crippen LogP contribution in [-0.4, -0.2) is 45.7 Å². The van der Waals surface area contributed by atoms with Crippen LogP contribution in [0.1, 0.15) is 37.3 Å². The third-order valence-electron chi connectivity index (χ3n) is 3.12. The van der Waals surface area contributed by atoms with Crippen molar-refractivity contribution in [2.24, 2.45) is 0 Å². The third kappa shape index (κ3) is 3.53. The number of hydrogen-bond acceptors (Lipinski definition) is 4. The van der Waals surface area contributed by atoms with Crippen LogP contribution in [0.4, 0.5) is 0 Å². The molecular weight excluding hydrogens is 232 g/mol. The third-order valence-corrected chi connectivity index (χ3v) is 3.12. The number of ether oxygens (including phenoxy) is 1. The van der Waals surface area contributed by atoms with E-state index in [1.807, 2.05) is 6.92 Å². The fraction of sp³-hybridized carbons (Fsp3) is 0.750. The highest BCUT2D eigenvalue weighted by Gasteiger charge is 2.20. The number of nitrogens with zero attached hydrogens (tertiary/aromatic N) is 3. The minimum Gasteiger partial charge on any atom is -0.378 e. The summed E-state index contributed by atoms with van der Waals surface area (Å²) in [5, 5.41) is 6.79. The fourth-order valence-corrected chi connectivity index (χ4v) is 2.08. The van der Waals surface area contributed by atoms with Crippen molar-refractivity contribution < 1.29 is 9.53 Å². The van der Waals surface area contributed by atoms with Crippen molar-refractivity contribution >= 4 is 5.91 Å². The molecule has 1 unspecified atom stereocenters. The summed E-state index contributed by atoms with van der Waals surface area (Å²) in [6.45, 7) is 3.06. The average Bonchev–Trinajstić information content (AvgIpc) is 2.76. The highest BCUT2D eigenvalue weighted by Crippen LogP contribution is 2.16. The van der Waals surface area contributed by atoms with E-state index in [1.165, 1.54) is 0 Å². The summed E-state index contributed by atoms with van der Waals surface area (Å²) in [4.78, 5) is 17.8. The van der Waals surface area contributed by atoms with Gasteiger partial charge in [0.1, 0.15) is 5.82 Å². The van der Waals surface area contributed by atoms with E-state index in [0.29, 0.717) is 18.8 Å². The van der Waals surface area contributed by atoms with Crippen LogP contribution in [0.3, 0.4) is 0 Å². The van der Waals surface area contributed by atoms with E-state index in [1.54, 1.807) is 11.9 Å². The van der Waals surface area contributed by atoms with Gasteiger partial charge >= 0.3 is 0 Å². The van der Waals surface area contributed by atoms with E-state index in [-0.39, 0.29) is 12.0 Å². The molecule has 1 aliphatic rings. The Hall–Kier alpha value is -1.43. The van der Waals surface area contributed by atoms with Crippen LogP contribution in [0, 0.1) is 6.92 Å². The summed E-state index contributed by atoms with van der Waals surface area (Å²) in [7, 11) is 1.77. The molecule has 0 radical (unpaired) electrons. The fourth-order valence-electron chi connectivity index (χ4n) is 2.08.